The van der Waals surface area contributed by atoms with Gasteiger partial charge < -0.3 is 10.2 Å². The number of fused-ring (bicyclic) bond motifs is 7. The minimum Gasteiger partial charge on any atom is -0.481 e. The number of allylic oxidation sites excluding steroid dienone is 2. The summed E-state index contributed by atoms with van der Waals surface area (Å²) in [7, 11) is 0. The quantitative estimate of drug-likeness (QED) is 0.414. The molecular weight excluding hydrogens is 408 g/mol. The number of hydrogen-bond acceptors (Lipinski definition) is 2. The lowest BCUT2D eigenvalue weighted by molar-refractivity contribution is -0.202. The molecule has 0 aliphatic heterocycles. The summed E-state index contributed by atoms with van der Waals surface area (Å²) in [6.45, 7) is 17.0. The van der Waals surface area contributed by atoms with Gasteiger partial charge in [-0.25, -0.2) is 0 Å². The molecule has 0 aromatic carbocycles. The van der Waals surface area contributed by atoms with Gasteiger partial charge in [0.15, 0.2) is 0 Å². The van der Waals surface area contributed by atoms with E-state index in [0.717, 1.165) is 44.9 Å². The molecule has 4 saturated carbocycles. The molecule has 0 bridgehead atoms. The smallest absolute Gasteiger partial charge is 0.310 e. The molecule has 2 N–H and O–H groups in total. The van der Waals surface area contributed by atoms with Crippen molar-refractivity contribution in [3.8, 4) is 0 Å². The van der Waals surface area contributed by atoms with Crippen molar-refractivity contribution in [2.24, 2.45) is 56.7 Å². The summed E-state index contributed by atoms with van der Waals surface area (Å²) >= 11 is 0. The first-order valence-electron chi connectivity index (χ1n) is 13.8. The molecule has 0 saturated heterocycles. The SMILES string of the molecule is C[C@@H]1[C@H]2C3=CC[C@@H]4[C@@]5(C)C[C@H](O)CC(C)(C)[C@@H]5CC[C@@]4(C)[C@]3(C)CC[C@@]2(C(=O)O)CC[C@@H]1C. The van der Waals surface area contributed by atoms with Gasteiger partial charge in [-0.3, -0.25) is 4.79 Å². The Hall–Kier alpha value is -0.830. The van der Waals surface area contributed by atoms with Crippen molar-refractivity contribution in [3.63, 3.8) is 0 Å². The van der Waals surface area contributed by atoms with Gasteiger partial charge in [0.05, 0.1) is 11.5 Å². The summed E-state index contributed by atoms with van der Waals surface area (Å²) < 4.78 is 0. The van der Waals surface area contributed by atoms with E-state index in [4.69, 9.17) is 0 Å². The van der Waals surface area contributed by atoms with Crippen molar-refractivity contribution in [2.45, 2.75) is 112 Å². The number of aliphatic hydroxyl groups excluding tert-OH is 1. The van der Waals surface area contributed by atoms with Crippen molar-refractivity contribution < 1.29 is 15.0 Å². The third-order valence-electron chi connectivity index (χ3n) is 13.1. The Kier molecular flexibility index (Phi) is 5.15. The predicted octanol–water partition coefficient (Wildman–Crippen LogP) is 7.09. The number of rotatable bonds is 1. The maximum atomic E-state index is 12.8. The van der Waals surface area contributed by atoms with Gasteiger partial charge in [0.25, 0.3) is 0 Å². The van der Waals surface area contributed by atoms with E-state index in [-0.39, 0.29) is 33.7 Å². The van der Waals surface area contributed by atoms with E-state index in [1.807, 2.05) is 0 Å². The van der Waals surface area contributed by atoms with Gasteiger partial charge in [-0.05, 0) is 109 Å². The van der Waals surface area contributed by atoms with Crippen LogP contribution in [0.4, 0.5) is 0 Å². The van der Waals surface area contributed by atoms with Crippen molar-refractivity contribution in [1.82, 2.24) is 0 Å². The molecule has 33 heavy (non-hydrogen) atoms. The number of aliphatic hydroxyl groups is 1. The summed E-state index contributed by atoms with van der Waals surface area (Å²) in [5.74, 6) is 1.84. The fourth-order valence-electron chi connectivity index (χ4n) is 11.1. The third kappa shape index (κ3) is 2.87. The summed E-state index contributed by atoms with van der Waals surface area (Å²) in [5.41, 5.74) is 1.49. The topological polar surface area (TPSA) is 57.5 Å². The molecule has 0 aromatic heterocycles. The number of carboxylic acids is 1. The number of carboxylic acid groups (broad SMARTS) is 1. The number of hydrogen-bond donors (Lipinski definition) is 2. The van der Waals surface area contributed by atoms with Crippen LogP contribution in [-0.2, 0) is 4.79 Å². The van der Waals surface area contributed by atoms with Crippen LogP contribution in [0, 0.1) is 56.7 Å². The molecule has 0 aromatic rings. The Labute approximate surface area is 201 Å². The molecule has 3 heteroatoms. The summed E-state index contributed by atoms with van der Waals surface area (Å²) in [6, 6.07) is 0. The highest BCUT2D eigenvalue weighted by atomic mass is 16.4. The first-order valence-corrected chi connectivity index (χ1v) is 13.8. The van der Waals surface area contributed by atoms with E-state index >= 15 is 0 Å². The molecule has 5 aliphatic rings. The Morgan fingerprint density at radius 3 is 2.30 bits per heavy atom. The van der Waals surface area contributed by atoms with Crippen LogP contribution in [-0.4, -0.2) is 22.3 Å². The molecule has 5 aliphatic carbocycles. The van der Waals surface area contributed by atoms with E-state index in [2.05, 4.69) is 54.5 Å². The molecule has 0 radical (unpaired) electrons. The van der Waals surface area contributed by atoms with Crippen molar-refractivity contribution in [1.29, 1.82) is 0 Å². The van der Waals surface area contributed by atoms with Gasteiger partial charge in [-0.15, -0.1) is 0 Å². The Morgan fingerprint density at radius 1 is 0.939 bits per heavy atom. The third-order valence-corrected chi connectivity index (χ3v) is 13.1. The Balaban J connectivity index is 1.62. The molecule has 0 heterocycles. The molecule has 0 unspecified atom stereocenters. The van der Waals surface area contributed by atoms with E-state index in [1.54, 1.807) is 0 Å². The molecule has 5 rings (SSSR count). The van der Waals surface area contributed by atoms with E-state index in [1.165, 1.54) is 18.4 Å². The van der Waals surface area contributed by atoms with Crippen LogP contribution < -0.4 is 0 Å². The van der Waals surface area contributed by atoms with Gasteiger partial charge >= 0.3 is 5.97 Å². The van der Waals surface area contributed by atoms with Gasteiger partial charge in [-0.1, -0.05) is 60.1 Å². The Bertz CT molecular complexity index is 874. The van der Waals surface area contributed by atoms with Crippen LogP contribution in [0.3, 0.4) is 0 Å². The zero-order valence-electron chi connectivity index (χ0n) is 22.2. The van der Waals surface area contributed by atoms with E-state index in [9.17, 15) is 15.0 Å². The number of carbonyl (C=O) groups is 1. The lowest BCUT2D eigenvalue weighted by atomic mass is 9.33. The number of aliphatic carboxylic acids is 1. The fraction of sp³-hybridized carbons (Fsp3) is 0.900. The first-order chi connectivity index (χ1) is 15.2. The van der Waals surface area contributed by atoms with Crippen LogP contribution in [0.1, 0.15) is 106 Å². The van der Waals surface area contributed by atoms with E-state index < -0.39 is 11.4 Å². The average molecular weight is 457 g/mol. The zero-order chi connectivity index (χ0) is 24.2. The summed E-state index contributed by atoms with van der Waals surface area (Å²) in [5, 5.41) is 21.5. The van der Waals surface area contributed by atoms with Gasteiger partial charge in [0.1, 0.15) is 0 Å². The summed E-state index contributed by atoms with van der Waals surface area (Å²) in [6.07, 6.45) is 11.4. The van der Waals surface area contributed by atoms with Crippen LogP contribution >= 0.6 is 0 Å². The monoisotopic (exact) mass is 456 g/mol. The standard InChI is InChI=1S/C30H48O3/c1-18-10-13-30(25(32)33)15-14-28(6)21(24(30)19(18)2)8-9-23-27(5)17-20(31)16-26(3,4)22(27)11-12-29(23,28)7/h8,18-20,22-24,31H,9-17H2,1-7H3,(H,32,33)/t18-,19-,20+,22-,23+,24-,27-,28+,29+,30-/m0/s1. The normalized spacial score (nSPS) is 55.3. The van der Waals surface area contributed by atoms with Crippen molar-refractivity contribution >= 4 is 5.97 Å². The first kappa shape index (κ1) is 23.9. The molecular formula is C30H48O3. The highest BCUT2D eigenvalue weighted by Gasteiger charge is 2.69. The molecule has 3 nitrogen and oxygen atoms in total. The fourth-order valence-corrected chi connectivity index (χ4v) is 11.1. The molecule has 186 valence electrons. The van der Waals surface area contributed by atoms with Gasteiger partial charge in [-0.2, -0.15) is 0 Å². The maximum Gasteiger partial charge on any atom is 0.310 e. The Morgan fingerprint density at radius 2 is 1.64 bits per heavy atom. The second-order valence-electron chi connectivity index (χ2n) is 14.7. The highest BCUT2D eigenvalue weighted by Crippen LogP contribution is 2.75. The lowest BCUT2D eigenvalue weighted by Gasteiger charge is -2.71. The predicted molar refractivity (Wildman–Crippen MR) is 133 cm³/mol. The maximum absolute atomic E-state index is 12.8. The average Bonchev–Trinajstić information content (AvgIpc) is 2.69. The van der Waals surface area contributed by atoms with Crippen LogP contribution in [0.2, 0.25) is 0 Å². The van der Waals surface area contributed by atoms with Gasteiger partial charge in [0.2, 0.25) is 0 Å². The minimum absolute atomic E-state index is 0.0609. The second-order valence-corrected chi connectivity index (χ2v) is 14.7. The highest BCUT2D eigenvalue weighted by molar-refractivity contribution is 5.76. The molecule has 10 atom stereocenters. The second kappa shape index (κ2) is 7.11. The molecule has 0 spiro atoms. The largest absolute Gasteiger partial charge is 0.481 e. The van der Waals surface area contributed by atoms with E-state index in [0.29, 0.717) is 23.7 Å². The summed E-state index contributed by atoms with van der Waals surface area (Å²) in [4.78, 5) is 12.8. The van der Waals surface area contributed by atoms with Gasteiger partial charge in [0, 0.05) is 0 Å². The lowest BCUT2D eigenvalue weighted by Crippen LogP contribution is -2.65. The molecule has 4 fully saturated rings. The van der Waals surface area contributed by atoms with Crippen LogP contribution in [0.25, 0.3) is 0 Å². The van der Waals surface area contributed by atoms with Crippen molar-refractivity contribution in [3.05, 3.63) is 11.6 Å². The minimum atomic E-state index is -0.565. The molecule has 0 amide bonds. The van der Waals surface area contributed by atoms with Crippen LogP contribution in [0.15, 0.2) is 11.6 Å². The van der Waals surface area contributed by atoms with Crippen molar-refractivity contribution in [2.75, 3.05) is 0 Å². The van der Waals surface area contributed by atoms with Crippen LogP contribution in [0.5, 0.6) is 0 Å². The zero-order valence-corrected chi connectivity index (χ0v) is 22.2.